The van der Waals surface area contributed by atoms with E-state index in [0.29, 0.717) is 13.2 Å². The second-order valence-electron chi connectivity index (χ2n) is 5.92. The molecule has 1 aromatic heterocycles. The van der Waals surface area contributed by atoms with E-state index in [1.54, 1.807) is 7.11 Å². The summed E-state index contributed by atoms with van der Waals surface area (Å²) in [6.45, 7) is 4.79. The van der Waals surface area contributed by atoms with Crippen LogP contribution in [0.1, 0.15) is 11.1 Å². The molecule has 0 fully saturated rings. The summed E-state index contributed by atoms with van der Waals surface area (Å²) in [6.07, 6.45) is 1.95. The van der Waals surface area contributed by atoms with Crippen molar-refractivity contribution in [1.29, 1.82) is 0 Å². The van der Waals surface area contributed by atoms with Crippen molar-refractivity contribution < 1.29 is 4.74 Å². The second kappa shape index (κ2) is 10.0. The zero-order chi connectivity index (χ0) is 17.2. The summed E-state index contributed by atoms with van der Waals surface area (Å²) in [5, 5.41) is 0. The van der Waals surface area contributed by atoms with E-state index < -0.39 is 0 Å². The Morgan fingerprint density at radius 1 is 1.00 bits per heavy atom. The Bertz CT molecular complexity index is 574. The normalized spacial score (nSPS) is 11.0. The number of nitrogens with two attached hydrogens (primary N) is 1. The highest BCUT2D eigenvalue weighted by molar-refractivity contribution is 5.38. The maximum absolute atomic E-state index is 5.77. The third-order valence-electron chi connectivity index (χ3n) is 3.93. The van der Waals surface area contributed by atoms with Gasteiger partial charge in [-0.25, -0.2) is 4.98 Å². The van der Waals surface area contributed by atoms with E-state index in [-0.39, 0.29) is 0 Å². The second-order valence-corrected chi connectivity index (χ2v) is 5.92. The average Bonchev–Trinajstić information content (AvgIpc) is 2.61. The van der Waals surface area contributed by atoms with Gasteiger partial charge in [-0.2, -0.15) is 0 Å². The number of nitrogens with zero attached hydrogens (tertiary/aromatic N) is 3. The summed E-state index contributed by atoms with van der Waals surface area (Å²) in [5.74, 6) is 0.962. The van der Waals surface area contributed by atoms with Crippen molar-refractivity contribution in [2.75, 3.05) is 45.3 Å². The Morgan fingerprint density at radius 3 is 2.38 bits per heavy atom. The first-order valence-electron chi connectivity index (χ1n) is 8.34. The average molecular weight is 328 g/mol. The van der Waals surface area contributed by atoms with Crippen molar-refractivity contribution in [3.63, 3.8) is 0 Å². The van der Waals surface area contributed by atoms with Crippen molar-refractivity contribution in [3.8, 4) is 0 Å². The molecular formula is C19H28N4O. The van der Waals surface area contributed by atoms with E-state index in [4.69, 9.17) is 10.5 Å². The molecule has 0 aliphatic heterocycles. The Hall–Kier alpha value is -1.95. The molecule has 1 aromatic carbocycles. The van der Waals surface area contributed by atoms with Gasteiger partial charge in [0.15, 0.2) is 0 Å². The number of hydrogen-bond donors (Lipinski definition) is 1. The minimum absolute atomic E-state index is 0.651. The molecule has 2 aromatic rings. The minimum atomic E-state index is 0.651. The van der Waals surface area contributed by atoms with Gasteiger partial charge in [-0.05, 0) is 17.2 Å². The van der Waals surface area contributed by atoms with E-state index in [9.17, 15) is 0 Å². The SMILES string of the molecule is COCCN(C)c1ccc(CN(CCN)Cc2ccccc2)cn1. The highest BCUT2D eigenvalue weighted by atomic mass is 16.5. The van der Waals surface area contributed by atoms with Gasteiger partial charge in [0.05, 0.1) is 6.61 Å². The van der Waals surface area contributed by atoms with Crippen LogP contribution in [0.2, 0.25) is 0 Å². The molecule has 2 rings (SSSR count). The lowest BCUT2D eigenvalue weighted by Crippen LogP contribution is -2.29. The lowest BCUT2D eigenvalue weighted by molar-refractivity contribution is 0.206. The maximum atomic E-state index is 5.77. The van der Waals surface area contributed by atoms with Gasteiger partial charge in [-0.15, -0.1) is 0 Å². The van der Waals surface area contributed by atoms with Gasteiger partial charge >= 0.3 is 0 Å². The summed E-state index contributed by atoms with van der Waals surface area (Å²) in [6, 6.07) is 14.7. The zero-order valence-electron chi connectivity index (χ0n) is 14.7. The quantitative estimate of drug-likeness (QED) is 0.724. The lowest BCUT2D eigenvalue weighted by Gasteiger charge is -2.22. The standard InChI is InChI=1S/C19H28N4O/c1-22(12-13-24-2)19-9-8-18(14-21-19)16-23(11-10-20)15-17-6-4-3-5-7-17/h3-9,14H,10-13,15-16,20H2,1-2H3. The van der Waals surface area contributed by atoms with Gasteiger partial charge in [0.1, 0.15) is 5.82 Å². The van der Waals surface area contributed by atoms with Crippen molar-refractivity contribution in [2.45, 2.75) is 13.1 Å². The topological polar surface area (TPSA) is 54.6 Å². The fourth-order valence-electron chi connectivity index (χ4n) is 2.58. The van der Waals surface area contributed by atoms with Gasteiger partial charge in [-0.1, -0.05) is 36.4 Å². The van der Waals surface area contributed by atoms with Crippen molar-refractivity contribution in [3.05, 3.63) is 59.8 Å². The first-order chi connectivity index (χ1) is 11.7. The highest BCUT2D eigenvalue weighted by Gasteiger charge is 2.08. The molecule has 0 saturated heterocycles. The molecule has 2 N–H and O–H groups in total. The summed E-state index contributed by atoms with van der Waals surface area (Å²) in [4.78, 5) is 9.00. The van der Waals surface area contributed by atoms with Gasteiger partial charge in [0, 0.05) is 53.1 Å². The minimum Gasteiger partial charge on any atom is -0.383 e. The fraction of sp³-hybridized carbons (Fsp3) is 0.421. The first-order valence-corrected chi connectivity index (χ1v) is 8.34. The van der Waals surface area contributed by atoms with Crippen molar-refractivity contribution >= 4 is 5.82 Å². The Morgan fingerprint density at radius 2 is 1.75 bits per heavy atom. The Labute approximate surface area is 145 Å². The number of likely N-dealkylation sites (N-methyl/N-ethyl adjacent to an activating group) is 1. The highest BCUT2D eigenvalue weighted by Crippen LogP contribution is 2.13. The number of aromatic nitrogens is 1. The molecule has 1 heterocycles. The molecule has 0 aliphatic rings. The molecule has 0 atom stereocenters. The van der Waals surface area contributed by atoms with E-state index in [1.807, 2.05) is 19.3 Å². The smallest absolute Gasteiger partial charge is 0.128 e. The molecule has 0 unspecified atom stereocenters. The molecule has 0 spiro atoms. The molecule has 5 nitrogen and oxygen atoms in total. The summed E-state index contributed by atoms with van der Waals surface area (Å²) in [5.41, 5.74) is 8.27. The Balaban J connectivity index is 1.96. The van der Waals surface area contributed by atoms with Gasteiger partial charge in [0.2, 0.25) is 0 Å². The van der Waals surface area contributed by atoms with E-state index >= 15 is 0 Å². The predicted octanol–water partition coefficient (Wildman–Crippen LogP) is 2.13. The van der Waals surface area contributed by atoms with Gasteiger partial charge in [-0.3, -0.25) is 4.90 Å². The molecule has 0 bridgehead atoms. The van der Waals surface area contributed by atoms with Crippen LogP contribution in [0.4, 0.5) is 5.82 Å². The zero-order valence-corrected chi connectivity index (χ0v) is 14.7. The molecule has 130 valence electrons. The molecule has 0 aliphatic carbocycles. The lowest BCUT2D eigenvalue weighted by atomic mass is 10.2. The van der Waals surface area contributed by atoms with Crippen LogP contribution in [0, 0.1) is 0 Å². The van der Waals surface area contributed by atoms with Crippen LogP contribution in [0.15, 0.2) is 48.7 Å². The van der Waals surface area contributed by atoms with E-state index in [0.717, 1.165) is 32.0 Å². The number of benzene rings is 1. The maximum Gasteiger partial charge on any atom is 0.128 e. The largest absolute Gasteiger partial charge is 0.383 e. The van der Waals surface area contributed by atoms with Crippen LogP contribution in [0.3, 0.4) is 0 Å². The van der Waals surface area contributed by atoms with E-state index in [2.05, 4.69) is 51.2 Å². The van der Waals surface area contributed by atoms with Gasteiger partial charge in [0.25, 0.3) is 0 Å². The molecule has 0 radical (unpaired) electrons. The third-order valence-corrected chi connectivity index (χ3v) is 3.93. The number of ether oxygens (including phenoxy) is 1. The summed E-state index contributed by atoms with van der Waals surface area (Å²) in [7, 11) is 3.74. The number of methoxy groups -OCH3 is 1. The summed E-state index contributed by atoms with van der Waals surface area (Å²) >= 11 is 0. The number of rotatable bonds is 10. The molecule has 24 heavy (non-hydrogen) atoms. The van der Waals surface area contributed by atoms with Crippen LogP contribution in [-0.4, -0.2) is 50.3 Å². The van der Waals surface area contributed by atoms with Crippen LogP contribution >= 0.6 is 0 Å². The predicted molar refractivity (Wildman–Crippen MR) is 99.0 cm³/mol. The van der Waals surface area contributed by atoms with Crippen LogP contribution in [-0.2, 0) is 17.8 Å². The Kier molecular flexibility index (Phi) is 7.68. The monoisotopic (exact) mass is 328 g/mol. The van der Waals surface area contributed by atoms with Crippen LogP contribution in [0.25, 0.3) is 0 Å². The molecule has 0 saturated carbocycles. The van der Waals surface area contributed by atoms with Crippen molar-refractivity contribution in [2.24, 2.45) is 5.73 Å². The fourth-order valence-corrected chi connectivity index (χ4v) is 2.58. The van der Waals surface area contributed by atoms with Crippen LogP contribution < -0.4 is 10.6 Å². The molecular weight excluding hydrogens is 300 g/mol. The first kappa shape index (κ1) is 18.4. The number of hydrogen-bond acceptors (Lipinski definition) is 5. The molecule has 5 heteroatoms. The third kappa shape index (κ3) is 5.92. The number of anilines is 1. The van der Waals surface area contributed by atoms with Gasteiger partial charge < -0.3 is 15.4 Å². The van der Waals surface area contributed by atoms with Crippen LogP contribution in [0.5, 0.6) is 0 Å². The number of pyridine rings is 1. The van der Waals surface area contributed by atoms with Crippen molar-refractivity contribution in [1.82, 2.24) is 9.88 Å². The molecule has 0 amide bonds. The summed E-state index contributed by atoms with van der Waals surface area (Å²) < 4.78 is 5.11. The van der Waals surface area contributed by atoms with E-state index in [1.165, 1.54) is 11.1 Å².